The van der Waals surface area contributed by atoms with Gasteiger partial charge in [-0.3, -0.25) is 0 Å². The summed E-state index contributed by atoms with van der Waals surface area (Å²) in [5.74, 6) is -0.144. The van der Waals surface area contributed by atoms with Crippen LogP contribution in [-0.4, -0.2) is 5.67 Å². The molecule has 1 aromatic rings. The van der Waals surface area contributed by atoms with E-state index in [2.05, 4.69) is 50.3 Å². The summed E-state index contributed by atoms with van der Waals surface area (Å²) >= 11 is 0. The lowest BCUT2D eigenvalue weighted by Crippen LogP contribution is -2.55. The number of halogens is 1. The predicted molar refractivity (Wildman–Crippen MR) is 122 cm³/mol. The molecule has 0 radical (unpaired) electrons. The van der Waals surface area contributed by atoms with Gasteiger partial charge in [0.1, 0.15) is 5.67 Å². The van der Waals surface area contributed by atoms with Crippen molar-refractivity contribution in [3.05, 3.63) is 59.7 Å². The van der Waals surface area contributed by atoms with Gasteiger partial charge in [-0.25, -0.2) is 4.39 Å². The van der Waals surface area contributed by atoms with Crippen molar-refractivity contribution < 1.29 is 4.39 Å². The molecule has 0 aliphatic heterocycles. The Bertz CT molecular complexity index is 716. The largest absolute Gasteiger partial charge is 0.238 e. The second kappa shape index (κ2) is 8.40. The van der Waals surface area contributed by atoms with Crippen LogP contribution in [0.3, 0.4) is 0 Å². The molecule has 0 N–H and O–H groups in total. The minimum atomic E-state index is -1.25. The molecule has 158 valence electrons. The first-order valence-electron chi connectivity index (χ1n) is 12.2. The molecule has 1 aromatic carbocycles. The van der Waals surface area contributed by atoms with Crippen LogP contribution in [0, 0.1) is 10.8 Å². The van der Waals surface area contributed by atoms with Gasteiger partial charge >= 0.3 is 0 Å². The third kappa shape index (κ3) is 3.75. The van der Waals surface area contributed by atoms with Gasteiger partial charge in [-0.2, -0.15) is 0 Å². The Morgan fingerprint density at radius 1 is 0.862 bits per heavy atom. The predicted octanol–water partition coefficient (Wildman–Crippen LogP) is 8.48. The third-order valence-electron chi connectivity index (χ3n) is 8.64. The monoisotopic (exact) mass is 394 g/mol. The van der Waals surface area contributed by atoms with Crippen LogP contribution in [-0.2, 0) is 6.42 Å². The maximum Gasteiger partial charge on any atom is 0.145 e. The molecule has 2 bridgehead atoms. The van der Waals surface area contributed by atoms with E-state index in [0.717, 1.165) is 31.2 Å². The molecule has 2 atom stereocenters. The molecule has 0 spiro atoms. The first-order chi connectivity index (χ1) is 14.1. The molecule has 2 unspecified atom stereocenters. The first-order valence-corrected chi connectivity index (χ1v) is 12.2. The van der Waals surface area contributed by atoms with Crippen LogP contribution in [0.5, 0.6) is 0 Å². The first kappa shape index (κ1) is 20.9. The summed E-state index contributed by atoms with van der Waals surface area (Å²) in [4.78, 5) is 0. The Morgan fingerprint density at radius 2 is 1.52 bits per heavy atom. The highest BCUT2D eigenvalue weighted by Crippen LogP contribution is 2.66. The molecule has 4 aliphatic carbocycles. The Labute approximate surface area is 177 Å². The molecule has 3 fully saturated rings. The zero-order chi connectivity index (χ0) is 20.4. The number of allylic oxidation sites excluding steroid dienone is 4. The van der Waals surface area contributed by atoms with Gasteiger partial charge in [0.05, 0.1) is 0 Å². The number of unbranched alkanes of at least 4 members (excludes halogenated alkanes) is 2. The standard InChI is InChI=1S/C28H39F/c1-3-5-9-23-11-13-24(14-12-23)25-10-7-8-16-28(25,29)27-20-17-26(18-21-27,19-22-27)15-6-4-2/h7-8,10-14,16,25H,3-6,9,15,17-22H2,1-2H3. The molecule has 0 heterocycles. The fraction of sp³-hybridized carbons (Fsp3) is 0.643. The summed E-state index contributed by atoms with van der Waals surface area (Å²) in [5.41, 5.74) is 1.64. The van der Waals surface area contributed by atoms with Crippen molar-refractivity contribution in [1.29, 1.82) is 0 Å². The quantitative estimate of drug-likeness (QED) is 0.415. The van der Waals surface area contributed by atoms with Crippen LogP contribution < -0.4 is 0 Å². The van der Waals surface area contributed by atoms with Crippen molar-refractivity contribution >= 4 is 0 Å². The van der Waals surface area contributed by atoms with Crippen molar-refractivity contribution in [2.75, 3.05) is 0 Å². The van der Waals surface area contributed by atoms with Gasteiger partial charge in [-0.1, -0.05) is 75.6 Å². The van der Waals surface area contributed by atoms with Crippen molar-refractivity contribution in [2.45, 2.75) is 102 Å². The second-order valence-electron chi connectivity index (χ2n) is 10.2. The van der Waals surface area contributed by atoms with Gasteiger partial charge in [-0.05, 0) is 80.4 Å². The Kier molecular flexibility index (Phi) is 6.05. The van der Waals surface area contributed by atoms with Gasteiger partial charge in [-0.15, -0.1) is 0 Å². The number of alkyl halides is 1. The van der Waals surface area contributed by atoms with Crippen LogP contribution in [0.15, 0.2) is 48.6 Å². The summed E-state index contributed by atoms with van der Waals surface area (Å²) in [7, 11) is 0. The van der Waals surface area contributed by atoms with Crippen molar-refractivity contribution in [2.24, 2.45) is 10.8 Å². The van der Waals surface area contributed by atoms with Gasteiger partial charge in [0, 0.05) is 11.3 Å². The molecule has 1 heteroatoms. The molecule has 0 aromatic heterocycles. The molecule has 4 aliphatic rings. The summed E-state index contributed by atoms with van der Waals surface area (Å²) in [6.07, 6.45) is 22.5. The average Bonchev–Trinajstić information content (AvgIpc) is 2.78. The normalized spacial score (nSPS) is 35.9. The molecule has 3 saturated carbocycles. The van der Waals surface area contributed by atoms with Crippen molar-refractivity contribution in [3.63, 3.8) is 0 Å². The molecular weight excluding hydrogens is 355 g/mol. The number of fused-ring (bicyclic) bond motifs is 3. The topological polar surface area (TPSA) is 0 Å². The van der Waals surface area contributed by atoms with E-state index in [-0.39, 0.29) is 11.3 Å². The van der Waals surface area contributed by atoms with Gasteiger partial charge in [0.15, 0.2) is 0 Å². The van der Waals surface area contributed by atoms with Crippen LogP contribution in [0.1, 0.15) is 102 Å². The maximum absolute atomic E-state index is 17.0. The second-order valence-corrected chi connectivity index (χ2v) is 10.2. The molecule has 0 nitrogen and oxygen atoms in total. The summed E-state index contributed by atoms with van der Waals surface area (Å²) in [6, 6.07) is 8.85. The van der Waals surface area contributed by atoms with E-state index in [0.29, 0.717) is 5.41 Å². The Hall–Kier alpha value is -1.37. The number of hydrogen-bond acceptors (Lipinski definition) is 0. The van der Waals surface area contributed by atoms with E-state index in [1.165, 1.54) is 56.9 Å². The summed E-state index contributed by atoms with van der Waals surface area (Å²) in [5, 5.41) is 0. The highest BCUT2D eigenvalue weighted by atomic mass is 19.1. The van der Waals surface area contributed by atoms with Gasteiger partial charge in [0.25, 0.3) is 0 Å². The third-order valence-corrected chi connectivity index (χ3v) is 8.64. The minimum absolute atomic E-state index is 0.144. The van der Waals surface area contributed by atoms with E-state index in [1.54, 1.807) is 0 Å². The molecule has 5 rings (SSSR count). The van der Waals surface area contributed by atoms with Crippen LogP contribution in [0.2, 0.25) is 0 Å². The maximum atomic E-state index is 17.0. The van der Waals surface area contributed by atoms with E-state index in [9.17, 15) is 0 Å². The number of benzene rings is 1. The van der Waals surface area contributed by atoms with Gasteiger partial charge < -0.3 is 0 Å². The lowest BCUT2D eigenvalue weighted by molar-refractivity contribution is -0.101. The highest BCUT2D eigenvalue weighted by molar-refractivity contribution is 5.40. The molecular formula is C28H39F. The van der Waals surface area contributed by atoms with Crippen molar-refractivity contribution in [1.82, 2.24) is 0 Å². The van der Waals surface area contributed by atoms with Crippen molar-refractivity contribution in [3.8, 4) is 0 Å². The van der Waals surface area contributed by atoms with E-state index in [1.807, 2.05) is 12.2 Å². The van der Waals surface area contributed by atoms with E-state index < -0.39 is 5.67 Å². The average molecular weight is 395 g/mol. The summed E-state index contributed by atoms with van der Waals surface area (Å²) in [6.45, 7) is 4.52. The van der Waals surface area contributed by atoms with Gasteiger partial charge in [0.2, 0.25) is 0 Å². The Morgan fingerprint density at radius 3 is 2.14 bits per heavy atom. The number of rotatable bonds is 8. The van der Waals surface area contributed by atoms with E-state index in [4.69, 9.17) is 0 Å². The van der Waals surface area contributed by atoms with Crippen LogP contribution in [0.25, 0.3) is 0 Å². The summed E-state index contributed by atoms with van der Waals surface area (Å²) < 4.78 is 17.0. The van der Waals surface area contributed by atoms with Crippen LogP contribution >= 0.6 is 0 Å². The highest BCUT2D eigenvalue weighted by Gasteiger charge is 2.60. The number of aryl methyl sites for hydroxylation is 1. The lowest BCUT2D eigenvalue weighted by atomic mass is 9.46. The molecule has 0 saturated heterocycles. The Balaban J connectivity index is 1.56. The van der Waals surface area contributed by atoms with Crippen LogP contribution in [0.4, 0.5) is 4.39 Å². The number of hydrogen-bond donors (Lipinski definition) is 0. The fourth-order valence-electron chi connectivity index (χ4n) is 6.51. The minimum Gasteiger partial charge on any atom is -0.238 e. The smallest absolute Gasteiger partial charge is 0.145 e. The zero-order valence-corrected chi connectivity index (χ0v) is 18.6. The molecule has 29 heavy (non-hydrogen) atoms. The molecule has 0 amide bonds. The van der Waals surface area contributed by atoms with E-state index >= 15 is 4.39 Å². The fourth-order valence-corrected chi connectivity index (χ4v) is 6.51. The lowest BCUT2D eigenvalue weighted by Gasteiger charge is -2.59. The zero-order valence-electron chi connectivity index (χ0n) is 18.6. The SMILES string of the molecule is CCCCc1ccc(C2C=CC=CC2(F)C23CCC(CCCC)(CC2)CC3)cc1.